The smallest absolute Gasteiger partial charge is 0.150 e. The molecule has 104 valence electrons. The van der Waals surface area contributed by atoms with E-state index in [1.165, 1.54) is 0 Å². The molecule has 4 heteroatoms. The molecule has 0 bridgehead atoms. The molecule has 0 aliphatic carbocycles. The highest BCUT2D eigenvalue weighted by Gasteiger charge is 2.06. The van der Waals surface area contributed by atoms with Gasteiger partial charge in [0.25, 0.3) is 0 Å². The number of halogens is 1. The quantitative estimate of drug-likeness (QED) is 0.355. The summed E-state index contributed by atoms with van der Waals surface area (Å²) in [5, 5.41) is 10.1. The second-order valence-electron chi connectivity index (χ2n) is 4.31. The zero-order valence-corrected chi connectivity index (χ0v) is 13.0. The molecule has 0 unspecified atom stereocenters. The number of ether oxygens (including phenoxy) is 1. The maximum Gasteiger partial charge on any atom is 0.150 e. The van der Waals surface area contributed by atoms with Crippen LogP contribution >= 0.6 is 22.6 Å². The van der Waals surface area contributed by atoms with E-state index in [1.807, 2.05) is 24.3 Å². The molecule has 0 amide bonds. The summed E-state index contributed by atoms with van der Waals surface area (Å²) in [7, 11) is 0. The van der Waals surface area contributed by atoms with Crippen LogP contribution in [0.25, 0.3) is 11.1 Å². The Kier molecular flexibility index (Phi) is 5.40. The van der Waals surface area contributed by atoms with Crippen LogP contribution in [0.4, 0.5) is 0 Å². The van der Waals surface area contributed by atoms with Crippen molar-refractivity contribution in [2.45, 2.75) is 6.42 Å². The van der Waals surface area contributed by atoms with Crippen molar-refractivity contribution < 1.29 is 14.6 Å². The molecule has 2 aromatic rings. The van der Waals surface area contributed by atoms with E-state index in [1.54, 1.807) is 18.2 Å². The minimum atomic E-state index is 0.177. The van der Waals surface area contributed by atoms with Crippen LogP contribution in [-0.4, -0.2) is 22.4 Å². The predicted molar refractivity (Wildman–Crippen MR) is 87.9 cm³/mol. The van der Waals surface area contributed by atoms with Gasteiger partial charge in [-0.2, -0.15) is 0 Å². The molecule has 2 rings (SSSR count). The van der Waals surface area contributed by atoms with Crippen molar-refractivity contribution in [2.24, 2.45) is 0 Å². The summed E-state index contributed by atoms with van der Waals surface area (Å²) in [6.07, 6.45) is 1.78. The van der Waals surface area contributed by atoms with Crippen LogP contribution in [-0.2, 0) is 0 Å². The number of carbonyl (C=O) groups excluding carboxylic acids is 1. The Labute approximate surface area is 131 Å². The molecule has 0 heterocycles. The molecule has 0 saturated heterocycles. The van der Waals surface area contributed by atoms with Gasteiger partial charge in [-0.3, -0.25) is 4.79 Å². The first kappa shape index (κ1) is 14.8. The van der Waals surface area contributed by atoms with Crippen molar-refractivity contribution in [3.8, 4) is 22.6 Å². The summed E-state index contributed by atoms with van der Waals surface area (Å²) < 4.78 is 6.59. The fourth-order valence-electron chi connectivity index (χ4n) is 1.83. The van der Waals surface area contributed by atoms with E-state index in [2.05, 4.69) is 22.6 Å². The van der Waals surface area contributed by atoms with Crippen LogP contribution in [0, 0.1) is 0 Å². The number of aldehydes is 1. The van der Waals surface area contributed by atoms with E-state index in [-0.39, 0.29) is 5.75 Å². The Morgan fingerprint density at radius 1 is 1.15 bits per heavy atom. The van der Waals surface area contributed by atoms with E-state index < -0.39 is 0 Å². The van der Waals surface area contributed by atoms with E-state index in [0.717, 1.165) is 28.3 Å². The molecule has 0 saturated carbocycles. The maximum absolute atomic E-state index is 10.6. The third-order valence-corrected chi connectivity index (χ3v) is 3.64. The summed E-state index contributed by atoms with van der Waals surface area (Å²) in [6, 6.07) is 12.4. The Morgan fingerprint density at radius 2 is 1.90 bits per heavy atom. The molecule has 0 spiro atoms. The van der Waals surface area contributed by atoms with Gasteiger partial charge in [-0.05, 0) is 24.1 Å². The van der Waals surface area contributed by atoms with Gasteiger partial charge in [0, 0.05) is 21.6 Å². The summed E-state index contributed by atoms with van der Waals surface area (Å²) >= 11 is 2.30. The first-order chi connectivity index (χ1) is 9.74. The number of phenols is 1. The fraction of sp³-hybridized carbons (Fsp3) is 0.188. The van der Waals surface area contributed by atoms with Crippen LogP contribution in [0.15, 0.2) is 42.5 Å². The van der Waals surface area contributed by atoms with Crippen molar-refractivity contribution >= 4 is 28.9 Å². The van der Waals surface area contributed by atoms with E-state index >= 15 is 0 Å². The molecule has 0 aromatic heterocycles. The van der Waals surface area contributed by atoms with Crippen molar-refractivity contribution in [1.29, 1.82) is 0 Å². The average Bonchev–Trinajstić information content (AvgIpc) is 2.48. The highest BCUT2D eigenvalue weighted by molar-refractivity contribution is 14.1. The molecule has 3 nitrogen and oxygen atoms in total. The molecule has 0 fully saturated rings. The number of rotatable bonds is 6. The number of hydrogen-bond donors (Lipinski definition) is 1. The Hall–Kier alpha value is -1.56. The van der Waals surface area contributed by atoms with Gasteiger partial charge in [0.15, 0.2) is 0 Å². The van der Waals surface area contributed by atoms with Gasteiger partial charge in [-0.15, -0.1) is 0 Å². The van der Waals surface area contributed by atoms with Crippen LogP contribution in [0.3, 0.4) is 0 Å². The van der Waals surface area contributed by atoms with Gasteiger partial charge in [0.1, 0.15) is 17.8 Å². The SMILES string of the molecule is O=Cc1ccc(-c2ccc(OCCCI)cc2O)cc1. The molecule has 20 heavy (non-hydrogen) atoms. The molecule has 0 radical (unpaired) electrons. The number of phenolic OH excluding ortho intramolecular Hbond substituents is 1. The number of carbonyl (C=O) groups is 1. The van der Waals surface area contributed by atoms with Gasteiger partial charge in [-0.25, -0.2) is 0 Å². The lowest BCUT2D eigenvalue weighted by Gasteiger charge is -2.09. The highest BCUT2D eigenvalue weighted by Crippen LogP contribution is 2.32. The summed E-state index contributed by atoms with van der Waals surface area (Å²) in [5.74, 6) is 0.844. The van der Waals surface area contributed by atoms with Crippen LogP contribution in [0.1, 0.15) is 16.8 Å². The van der Waals surface area contributed by atoms with Crippen molar-refractivity contribution in [3.63, 3.8) is 0 Å². The molecular weight excluding hydrogens is 367 g/mol. The molecular formula is C16H15IO3. The predicted octanol–water partition coefficient (Wildman–Crippen LogP) is 4.08. The van der Waals surface area contributed by atoms with Crippen molar-refractivity contribution in [3.05, 3.63) is 48.0 Å². The second kappa shape index (κ2) is 7.28. The Balaban J connectivity index is 2.17. The van der Waals surface area contributed by atoms with Gasteiger partial charge in [0.2, 0.25) is 0 Å². The summed E-state index contributed by atoms with van der Waals surface area (Å²) in [6.45, 7) is 0.649. The normalized spacial score (nSPS) is 10.2. The molecule has 2 aromatic carbocycles. The monoisotopic (exact) mass is 382 g/mol. The molecule has 0 aliphatic heterocycles. The first-order valence-corrected chi connectivity index (χ1v) is 7.84. The lowest BCUT2D eigenvalue weighted by Crippen LogP contribution is -1.97. The summed E-state index contributed by atoms with van der Waals surface area (Å²) in [4.78, 5) is 10.6. The van der Waals surface area contributed by atoms with Gasteiger partial charge in [-0.1, -0.05) is 46.9 Å². The highest BCUT2D eigenvalue weighted by atomic mass is 127. The van der Waals surface area contributed by atoms with Crippen LogP contribution in [0.5, 0.6) is 11.5 Å². The number of hydrogen-bond acceptors (Lipinski definition) is 3. The first-order valence-electron chi connectivity index (χ1n) is 6.32. The third-order valence-electron chi connectivity index (χ3n) is 2.87. The van der Waals surface area contributed by atoms with E-state index in [9.17, 15) is 9.90 Å². The molecule has 0 atom stereocenters. The van der Waals surface area contributed by atoms with Crippen LogP contribution in [0.2, 0.25) is 0 Å². The van der Waals surface area contributed by atoms with Gasteiger partial charge >= 0.3 is 0 Å². The Morgan fingerprint density at radius 3 is 2.50 bits per heavy atom. The lowest BCUT2D eigenvalue weighted by atomic mass is 10.0. The largest absolute Gasteiger partial charge is 0.507 e. The maximum atomic E-state index is 10.6. The zero-order valence-electron chi connectivity index (χ0n) is 10.9. The molecule has 1 N–H and O–H groups in total. The lowest BCUT2D eigenvalue weighted by molar-refractivity contribution is 0.112. The second-order valence-corrected chi connectivity index (χ2v) is 5.39. The number of aromatic hydroxyl groups is 1. The molecule has 0 aliphatic rings. The fourth-order valence-corrected chi connectivity index (χ4v) is 2.14. The summed E-state index contributed by atoms with van der Waals surface area (Å²) in [5.41, 5.74) is 2.21. The van der Waals surface area contributed by atoms with Crippen molar-refractivity contribution in [2.75, 3.05) is 11.0 Å². The van der Waals surface area contributed by atoms with Crippen LogP contribution < -0.4 is 4.74 Å². The third kappa shape index (κ3) is 3.72. The topological polar surface area (TPSA) is 46.5 Å². The van der Waals surface area contributed by atoms with Gasteiger partial charge < -0.3 is 9.84 Å². The number of benzene rings is 2. The van der Waals surface area contributed by atoms with E-state index in [0.29, 0.717) is 17.9 Å². The Bertz CT molecular complexity index is 579. The minimum Gasteiger partial charge on any atom is -0.507 e. The average molecular weight is 382 g/mol. The standard InChI is InChI=1S/C16H15IO3/c17-8-1-9-20-14-6-7-15(16(19)10-14)13-4-2-12(11-18)3-5-13/h2-7,10-11,19H,1,8-9H2. The van der Waals surface area contributed by atoms with Crippen molar-refractivity contribution in [1.82, 2.24) is 0 Å². The minimum absolute atomic E-state index is 0.177. The zero-order chi connectivity index (χ0) is 14.4. The van der Waals surface area contributed by atoms with Gasteiger partial charge in [0.05, 0.1) is 6.61 Å². The van der Waals surface area contributed by atoms with E-state index in [4.69, 9.17) is 4.74 Å². The number of alkyl halides is 1.